The quantitative estimate of drug-likeness (QED) is 0.701. The average Bonchev–Trinajstić information content (AvgIpc) is 2.52. The van der Waals surface area contributed by atoms with Crippen molar-refractivity contribution in [1.82, 2.24) is 14.9 Å². The molecule has 0 amide bonds. The summed E-state index contributed by atoms with van der Waals surface area (Å²) in [5, 5.41) is 0. The second kappa shape index (κ2) is 8.14. The number of nitrogens with zero attached hydrogens (tertiary/aromatic N) is 5. The van der Waals surface area contributed by atoms with Gasteiger partial charge in [0.2, 0.25) is 0 Å². The topological polar surface area (TPSA) is 44.7 Å². The van der Waals surface area contributed by atoms with E-state index in [2.05, 4.69) is 19.8 Å². The van der Waals surface area contributed by atoms with Crippen LogP contribution in [0.25, 0.3) is 0 Å². The van der Waals surface area contributed by atoms with Crippen LogP contribution in [-0.4, -0.2) is 75.4 Å². The third-order valence-corrected chi connectivity index (χ3v) is 3.83. The monoisotopic (exact) mass is 293 g/mol. The number of anilines is 2. The normalized spacial score (nSPS) is 16.2. The Morgan fingerprint density at radius 3 is 2.48 bits per heavy atom. The molecule has 6 heteroatoms. The van der Waals surface area contributed by atoms with Crippen LogP contribution in [-0.2, 0) is 4.74 Å². The van der Waals surface area contributed by atoms with Gasteiger partial charge in [0.05, 0.1) is 0 Å². The maximum Gasteiger partial charge on any atom is 0.172 e. The minimum absolute atomic E-state index is 0.867. The Morgan fingerprint density at radius 2 is 1.81 bits per heavy atom. The number of piperazine rings is 1. The highest BCUT2D eigenvalue weighted by Crippen LogP contribution is 2.23. The number of hydrogen-bond acceptors (Lipinski definition) is 6. The lowest BCUT2D eigenvalue weighted by Gasteiger charge is -2.36. The van der Waals surface area contributed by atoms with Gasteiger partial charge in [-0.25, -0.2) is 9.97 Å². The molecule has 118 valence electrons. The van der Waals surface area contributed by atoms with Crippen LogP contribution in [0, 0.1) is 0 Å². The first kappa shape index (κ1) is 16.0. The van der Waals surface area contributed by atoms with Crippen LogP contribution in [0.15, 0.2) is 12.4 Å². The molecule has 1 saturated heterocycles. The van der Waals surface area contributed by atoms with E-state index in [1.807, 2.05) is 19.0 Å². The van der Waals surface area contributed by atoms with E-state index in [1.165, 1.54) is 6.42 Å². The highest BCUT2D eigenvalue weighted by atomic mass is 16.5. The molecule has 0 spiro atoms. The Bertz CT molecular complexity index is 418. The van der Waals surface area contributed by atoms with E-state index < -0.39 is 0 Å². The molecule has 0 radical (unpaired) electrons. The molecule has 0 atom stereocenters. The third-order valence-electron chi connectivity index (χ3n) is 3.83. The molecule has 1 aromatic rings. The van der Waals surface area contributed by atoms with E-state index in [1.54, 1.807) is 19.5 Å². The van der Waals surface area contributed by atoms with Crippen LogP contribution in [0.5, 0.6) is 0 Å². The molecule has 1 fully saturated rings. The summed E-state index contributed by atoms with van der Waals surface area (Å²) in [5.74, 6) is 1.95. The van der Waals surface area contributed by atoms with Gasteiger partial charge >= 0.3 is 0 Å². The Balaban J connectivity index is 1.84. The van der Waals surface area contributed by atoms with Gasteiger partial charge in [0.1, 0.15) is 0 Å². The minimum Gasteiger partial charge on any atom is -0.385 e. The van der Waals surface area contributed by atoms with E-state index >= 15 is 0 Å². The summed E-state index contributed by atoms with van der Waals surface area (Å²) in [4.78, 5) is 15.9. The fraction of sp³-hybridized carbons (Fsp3) is 0.733. The Labute approximate surface area is 127 Å². The number of methoxy groups -OCH3 is 1. The van der Waals surface area contributed by atoms with Crippen LogP contribution < -0.4 is 9.80 Å². The first-order valence-corrected chi connectivity index (χ1v) is 7.67. The fourth-order valence-corrected chi connectivity index (χ4v) is 2.63. The molecule has 2 rings (SSSR count). The third kappa shape index (κ3) is 4.54. The van der Waals surface area contributed by atoms with E-state index in [9.17, 15) is 0 Å². The summed E-state index contributed by atoms with van der Waals surface area (Å²) in [6.07, 6.45) is 5.89. The van der Waals surface area contributed by atoms with Gasteiger partial charge < -0.3 is 14.5 Å². The Morgan fingerprint density at radius 1 is 1.10 bits per heavy atom. The van der Waals surface area contributed by atoms with Crippen LogP contribution >= 0.6 is 0 Å². The van der Waals surface area contributed by atoms with Crippen LogP contribution in [0.2, 0.25) is 0 Å². The van der Waals surface area contributed by atoms with Crippen molar-refractivity contribution in [2.45, 2.75) is 12.8 Å². The molecular weight excluding hydrogens is 266 g/mol. The van der Waals surface area contributed by atoms with Crippen molar-refractivity contribution in [2.75, 3.05) is 70.3 Å². The second-order valence-electron chi connectivity index (χ2n) is 5.63. The minimum atomic E-state index is 0.867. The van der Waals surface area contributed by atoms with Crippen LogP contribution in [0.3, 0.4) is 0 Å². The lowest BCUT2D eigenvalue weighted by atomic mass is 10.2. The van der Waals surface area contributed by atoms with Crippen LogP contribution in [0.4, 0.5) is 11.6 Å². The average molecular weight is 293 g/mol. The largest absolute Gasteiger partial charge is 0.385 e. The number of rotatable bonds is 7. The number of ether oxygens (including phenoxy) is 1. The van der Waals surface area contributed by atoms with Gasteiger partial charge in [-0.3, -0.25) is 4.90 Å². The standard InChI is InChI=1S/C15H27N5O/c1-18(2)14-15(17-7-6-16-14)20-11-9-19(10-12-20)8-4-5-13-21-3/h6-7H,4-5,8-13H2,1-3H3. The summed E-state index contributed by atoms with van der Waals surface area (Å²) in [6, 6.07) is 0. The molecule has 6 nitrogen and oxygen atoms in total. The van der Waals surface area contributed by atoms with E-state index in [0.717, 1.165) is 57.4 Å². The number of unbranched alkanes of at least 4 members (excludes halogenated alkanes) is 1. The van der Waals surface area contributed by atoms with Crippen LogP contribution in [0.1, 0.15) is 12.8 Å². The second-order valence-corrected chi connectivity index (χ2v) is 5.63. The van der Waals surface area contributed by atoms with Crippen molar-refractivity contribution < 1.29 is 4.74 Å². The van der Waals surface area contributed by atoms with Gasteiger partial charge in [0.15, 0.2) is 11.6 Å². The van der Waals surface area contributed by atoms with Gasteiger partial charge in [-0.2, -0.15) is 0 Å². The van der Waals surface area contributed by atoms with Gasteiger partial charge in [0, 0.05) is 66.4 Å². The van der Waals surface area contributed by atoms with Gasteiger partial charge in [-0.1, -0.05) is 0 Å². The van der Waals surface area contributed by atoms with E-state index in [-0.39, 0.29) is 0 Å². The summed E-state index contributed by atoms with van der Waals surface area (Å²) in [6.45, 7) is 6.25. The van der Waals surface area contributed by atoms with Crippen molar-refractivity contribution >= 4 is 11.6 Å². The van der Waals surface area contributed by atoms with Crippen molar-refractivity contribution in [3.8, 4) is 0 Å². The summed E-state index contributed by atoms with van der Waals surface area (Å²) < 4.78 is 5.10. The molecule has 2 heterocycles. The molecule has 21 heavy (non-hydrogen) atoms. The molecule has 0 N–H and O–H groups in total. The fourth-order valence-electron chi connectivity index (χ4n) is 2.63. The molecular formula is C15H27N5O. The molecule has 1 aliphatic rings. The zero-order valence-corrected chi connectivity index (χ0v) is 13.5. The van der Waals surface area contributed by atoms with E-state index in [4.69, 9.17) is 4.74 Å². The summed E-state index contributed by atoms with van der Waals surface area (Å²) in [7, 11) is 5.79. The lowest BCUT2D eigenvalue weighted by molar-refractivity contribution is 0.182. The summed E-state index contributed by atoms with van der Waals surface area (Å²) in [5.41, 5.74) is 0. The molecule has 0 saturated carbocycles. The Hall–Kier alpha value is -1.40. The number of hydrogen-bond donors (Lipinski definition) is 0. The molecule has 0 aromatic carbocycles. The lowest BCUT2D eigenvalue weighted by Crippen LogP contribution is -2.47. The highest BCUT2D eigenvalue weighted by Gasteiger charge is 2.21. The predicted octanol–water partition coefficient (Wildman–Crippen LogP) is 1.09. The first-order chi connectivity index (χ1) is 10.2. The Kier molecular flexibility index (Phi) is 6.20. The summed E-state index contributed by atoms with van der Waals surface area (Å²) >= 11 is 0. The molecule has 0 unspecified atom stereocenters. The first-order valence-electron chi connectivity index (χ1n) is 7.67. The SMILES string of the molecule is COCCCCN1CCN(c2nccnc2N(C)C)CC1. The van der Waals surface area contributed by atoms with Crippen molar-refractivity contribution in [1.29, 1.82) is 0 Å². The smallest absolute Gasteiger partial charge is 0.172 e. The van der Waals surface area contributed by atoms with Crippen molar-refractivity contribution in [3.05, 3.63) is 12.4 Å². The molecule has 1 aromatic heterocycles. The molecule has 0 aliphatic carbocycles. The zero-order chi connectivity index (χ0) is 15.1. The zero-order valence-electron chi connectivity index (χ0n) is 13.5. The van der Waals surface area contributed by atoms with Gasteiger partial charge in [-0.15, -0.1) is 0 Å². The maximum atomic E-state index is 5.10. The molecule has 0 bridgehead atoms. The van der Waals surface area contributed by atoms with Gasteiger partial charge in [0.25, 0.3) is 0 Å². The molecule has 1 aliphatic heterocycles. The van der Waals surface area contributed by atoms with Crippen molar-refractivity contribution in [2.24, 2.45) is 0 Å². The van der Waals surface area contributed by atoms with Crippen molar-refractivity contribution in [3.63, 3.8) is 0 Å². The van der Waals surface area contributed by atoms with Gasteiger partial charge in [-0.05, 0) is 19.4 Å². The van der Waals surface area contributed by atoms with E-state index in [0.29, 0.717) is 0 Å². The predicted molar refractivity (Wildman–Crippen MR) is 86.1 cm³/mol. The highest BCUT2D eigenvalue weighted by molar-refractivity contribution is 5.61. The maximum absolute atomic E-state index is 5.10. The number of aromatic nitrogens is 2.